The van der Waals surface area contributed by atoms with E-state index in [0.717, 1.165) is 24.3 Å². The van der Waals surface area contributed by atoms with Crippen LogP contribution in [-0.4, -0.2) is 21.4 Å². The number of aromatic nitrogens is 2. The lowest BCUT2D eigenvalue weighted by atomic mass is 10.0. The summed E-state index contributed by atoms with van der Waals surface area (Å²) in [6, 6.07) is 9.16. The van der Waals surface area contributed by atoms with E-state index < -0.39 is 24.2 Å². The van der Waals surface area contributed by atoms with E-state index in [1.165, 1.54) is 36.7 Å². The van der Waals surface area contributed by atoms with E-state index in [-0.39, 0.29) is 29.5 Å². The maximum absolute atomic E-state index is 12.8. The van der Waals surface area contributed by atoms with E-state index in [9.17, 15) is 31.4 Å². The second-order valence-electron chi connectivity index (χ2n) is 6.31. The number of benzene rings is 2. The van der Waals surface area contributed by atoms with E-state index in [1.54, 1.807) is 0 Å². The molecular formula is C20H14F6N2O3. The first-order valence-electron chi connectivity index (χ1n) is 8.66. The summed E-state index contributed by atoms with van der Waals surface area (Å²) >= 11 is 0. The number of ether oxygens (including phenoxy) is 2. The van der Waals surface area contributed by atoms with Crippen molar-refractivity contribution in [1.29, 1.82) is 0 Å². The standard InChI is InChI=1S/C20H14F6N2O3/c21-19(22,23)15-3-1-2-13(8-15)17(29)14-9-27-18(28-10-14)30-11-12-4-6-16(7-5-12)31-20(24,25)26/h1-10,17,29H,11H2. The fourth-order valence-corrected chi connectivity index (χ4v) is 2.55. The van der Waals surface area contributed by atoms with E-state index in [2.05, 4.69) is 14.7 Å². The zero-order valence-electron chi connectivity index (χ0n) is 15.5. The number of hydrogen-bond donors (Lipinski definition) is 1. The van der Waals surface area contributed by atoms with Crippen LogP contribution in [0.1, 0.15) is 28.4 Å². The third kappa shape index (κ3) is 6.32. The van der Waals surface area contributed by atoms with Crippen LogP contribution in [0.4, 0.5) is 26.3 Å². The number of nitrogens with zero attached hydrogens (tertiary/aromatic N) is 2. The number of halogens is 6. The van der Waals surface area contributed by atoms with Crippen LogP contribution < -0.4 is 9.47 Å². The van der Waals surface area contributed by atoms with Crippen LogP contribution in [0.15, 0.2) is 60.9 Å². The summed E-state index contributed by atoms with van der Waals surface area (Å²) in [6.45, 7) is -0.0537. The molecule has 3 aromatic rings. The molecule has 0 amide bonds. The van der Waals surface area contributed by atoms with Crippen molar-refractivity contribution in [2.45, 2.75) is 25.2 Å². The van der Waals surface area contributed by atoms with Gasteiger partial charge in [0.25, 0.3) is 0 Å². The Hall–Kier alpha value is -3.34. The molecule has 3 rings (SSSR count). The first-order chi connectivity index (χ1) is 14.5. The molecule has 0 saturated carbocycles. The van der Waals surface area contributed by atoms with Crippen molar-refractivity contribution >= 4 is 0 Å². The Morgan fingerprint density at radius 2 is 1.52 bits per heavy atom. The molecule has 31 heavy (non-hydrogen) atoms. The SMILES string of the molecule is OC(c1cnc(OCc2ccc(OC(F)(F)F)cc2)nc1)c1cccc(C(F)(F)F)c1. The molecule has 0 spiro atoms. The van der Waals surface area contributed by atoms with Crippen LogP contribution in [0.5, 0.6) is 11.8 Å². The Morgan fingerprint density at radius 3 is 2.10 bits per heavy atom. The van der Waals surface area contributed by atoms with Gasteiger partial charge in [-0.15, -0.1) is 13.2 Å². The Kier molecular flexibility index (Phi) is 6.34. The average molecular weight is 444 g/mol. The summed E-state index contributed by atoms with van der Waals surface area (Å²) in [4.78, 5) is 7.78. The first kappa shape index (κ1) is 22.3. The average Bonchev–Trinajstić information content (AvgIpc) is 2.71. The minimum atomic E-state index is -4.79. The van der Waals surface area contributed by atoms with Gasteiger partial charge >= 0.3 is 18.5 Å². The van der Waals surface area contributed by atoms with Crippen molar-refractivity contribution in [3.05, 3.63) is 83.2 Å². The largest absolute Gasteiger partial charge is 0.573 e. The van der Waals surface area contributed by atoms with E-state index in [4.69, 9.17) is 4.74 Å². The topological polar surface area (TPSA) is 64.5 Å². The van der Waals surface area contributed by atoms with Crippen molar-refractivity contribution < 1.29 is 40.9 Å². The monoisotopic (exact) mass is 444 g/mol. The summed E-state index contributed by atoms with van der Waals surface area (Å²) in [7, 11) is 0. The second-order valence-corrected chi connectivity index (χ2v) is 6.31. The molecular weight excluding hydrogens is 430 g/mol. The molecule has 2 aromatic carbocycles. The lowest BCUT2D eigenvalue weighted by Gasteiger charge is -2.14. The number of alkyl halides is 6. The smallest absolute Gasteiger partial charge is 0.459 e. The Balaban J connectivity index is 1.61. The minimum absolute atomic E-state index is 0.0215. The molecule has 1 unspecified atom stereocenters. The minimum Gasteiger partial charge on any atom is -0.459 e. The molecule has 0 fully saturated rings. The van der Waals surface area contributed by atoms with Crippen LogP contribution in [0.2, 0.25) is 0 Å². The number of rotatable bonds is 6. The normalized spacial score (nSPS) is 13.0. The Labute approximate surface area is 171 Å². The molecule has 11 heteroatoms. The highest BCUT2D eigenvalue weighted by Crippen LogP contribution is 2.32. The Bertz CT molecular complexity index is 1010. The zero-order valence-corrected chi connectivity index (χ0v) is 15.5. The highest BCUT2D eigenvalue weighted by Gasteiger charge is 2.31. The van der Waals surface area contributed by atoms with Crippen molar-refractivity contribution in [3.8, 4) is 11.8 Å². The van der Waals surface area contributed by atoms with Crippen LogP contribution in [0.3, 0.4) is 0 Å². The quantitative estimate of drug-likeness (QED) is 0.539. The summed E-state index contributed by atoms with van der Waals surface area (Å²) in [5, 5.41) is 10.3. The molecule has 0 aliphatic rings. The lowest BCUT2D eigenvalue weighted by Crippen LogP contribution is -2.17. The van der Waals surface area contributed by atoms with Gasteiger partial charge in [0, 0.05) is 18.0 Å². The molecule has 164 valence electrons. The van der Waals surface area contributed by atoms with Crippen LogP contribution in [0, 0.1) is 0 Å². The van der Waals surface area contributed by atoms with E-state index >= 15 is 0 Å². The van der Waals surface area contributed by atoms with Gasteiger partial charge in [-0.3, -0.25) is 0 Å². The van der Waals surface area contributed by atoms with Gasteiger partial charge in [-0.25, -0.2) is 9.97 Å². The van der Waals surface area contributed by atoms with Crippen molar-refractivity contribution in [3.63, 3.8) is 0 Å². The van der Waals surface area contributed by atoms with Crippen molar-refractivity contribution in [2.24, 2.45) is 0 Å². The second kappa shape index (κ2) is 8.80. The van der Waals surface area contributed by atoms with Gasteiger partial charge in [0.2, 0.25) is 0 Å². The summed E-state index contributed by atoms with van der Waals surface area (Å²) in [5.74, 6) is -0.375. The number of aliphatic hydroxyl groups is 1. The maximum Gasteiger partial charge on any atom is 0.573 e. The van der Waals surface area contributed by atoms with Gasteiger partial charge in [-0.1, -0.05) is 24.3 Å². The zero-order chi connectivity index (χ0) is 22.6. The predicted molar refractivity (Wildman–Crippen MR) is 95.0 cm³/mol. The van der Waals surface area contributed by atoms with Crippen LogP contribution in [0.25, 0.3) is 0 Å². The van der Waals surface area contributed by atoms with Crippen molar-refractivity contribution in [1.82, 2.24) is 9.97 Å². The van der Waals surface area contributed by atoms with Gasteiger partial charge in [-0.05, 0) is 35.4 Å². The molecule has 1 heterocycles. The van der Waals surface area contributed by atoms with Gasteiger partial charge in [0.15, 0.2) is 0 Å². The summed E-state index contributed by atoms with van der Waals surface area (Å²) in [5.41, 5.74) is -0.198. The van der Waals surface area contributed by atoms with Gasteiger partial charge in [-0.2, -0.15) is 13.2 Å². The molecule has 0 bridgehead atoms. The fourth-order valence-electron chi connectivity index (χ4n) is 2.55. The van der Waals surface area contributed by atoms with Crippen molar-refractivity contribution in [2.75, 3.05) is 0 Å². The molecule has 1 N–H and O–H groups in total. The molecule has 5 nitrogen and oxygen atoms in total. The Morgan fingerprint density at radius 1 is 0.871 bits per heavy atom. The highest BCUT2D eigenvalue weighted by molar-refractivity contribution is 5.32. The van der Waals surface area contributed by atoms with Gasteiger partial charge in [0.05, 0.1) is 5.56 Å². The van der Waals surface area contributed by atoms with Crippen LogP contribution in [-0.2, 0) is 12.8 Å². The van der Waals surface area contributed by atoms with E-state index in [1.807, 2.05) is 0 Å². The molecule has 1 atom stereocenters. The fraction of sp³-hybridized carbons (Fsp3) is 0.200. The predicted octanol–water partition coefficient (Wildman–Crippen LogP) is 5.05. The molecule has 0 saturated heterocycles. The third-order valence-corrected chi connectivity index (χ3v) is 4.02. The molecule has 0 aliphatic carbocycles. The maximum atomic E-state index is 12.8. The van der Waals surface area contributed by atoms with Gasteiger partial charge in [0.1, 0.15) is 18.5 Å². The number of aliphatic hydroxyl groups excluding tert-OH is 1. The van der Waals surface area contributed by atoms with Gasteiger partial charge < -0.3 is 14.6 Å². The number of hydrogen-bond acceptors (Lipinski definition) is 5. The summed E-state index contributed by atoms with van der Waals surface area (Å²) in [6.07, 6.45) is -8.30. The lowest BCUT2D eigenvalue weighted by molar-refractivity contribution is -0.274. The van der Waals surface area contributed by atoms with Crippen LogP contribution >= 0.6 is 0 Å². The molecule has 1 aromatic heterocycles. The first-order valence-corrected chi connectivity index (χ1v) is 8.66. The highest BCUT2D eigenvalue weighted by atomic mass is 19.4. The van der Waals surface area contributed by atoms with E-state index in [0.29, 0.717) is 5.56 Å². The molecule has 0 radical (unpaired) electrons. The summed E-state index contributed by atoms with van der Waals surface area (Å²) < 4.78 is 84.0. The third-order valence-electron chi connectivity index (χ3n) is 4.02. The molecule has 0 aliphatic heterocycles.